The molecule has 2 atom stereocenters. The minimum absolute atomic E-state index is 0.0371. The summed E-state index contributed by atoms with van der Waals surface area (Å²) in [5, 5.41) is 31.2. The smallest absolute Gasteiger partial charge is 0.229 e. The van der Waals surface area contributed by atoms with Gasteiger partial charge in [0.1, 0.15) is 17.9 Å². The predicted octanol–water partition coefficient (Wildman–Crippen LogP) is 4.97. The van der Waals surface area contributed by atoms with E-state index in [2.05, 4.69) is 30.4 Å². The number of hydrogen-bond donors (Lipinski definition) is 4. The molecule has 1 fully saturated rings. The Hall–Kier alpha value is -3.38. The van der Waals surface area contributed by atoms with E-state index < -0.39 is 23.3 Å². The van der Waals surface area contributed by atoms with Gasteiger partial charge >= 0.3 is 0 Å². The Kier molecular flexibility index (Phi) is 7.68. The van der Waals surface area contributed by atoms with Crippen molar-refractivity contribution in [3.05, 3.63) is 76.4 Å². The number of halogens is 3. The van der Waals surface area contributed by atoms with Crippen LogP contribution in [0.4, 0.5) is 20.4 Å². The van der Waals surface area contributed by atoms with Crippen LogP contribution in [0.1, 0.15) is 36.7 Å². The molecule has 1 saturated heterocycles. The number of nitrogens with zero attached hydrogens (tertiary/aromatic N) is 4. The van der Waals surface area contributed by atoms with Gasteiger partial charge in [0, 0.05) is 41.7 Å². The van der Waals surface area contributed by atoms with Crippen molar-refractivity contribution < 1.29 is 23.4 Å². The van der Waals surface area contributed by atoms with E-state index in [1.165, 1.54) is 24.6 Å². The average Bonchev–Trinajstić information content (AvgIpc) is 3.57. The van der Waals surface area contributed by atoms with Crippen LogP contribution in [0.2, 0.25) is 5.02 Å². The van der Waals surface area contributed by atoms with Crippen molar-refractivity contribution in [2.45, 2.75) is 52.0 Å². The van der Waals surface area contributed by atoms with E-state index in [0.29, 0.717) is 43.1 Å². The predicted molar refractivity (Wildman–Crippen MR) is 141 cm³/mol. The van der Waals surface area contributed by atoms with Crippen LogP contribution in [0.5, 0.6) is 0 Å². The van der Waals surface area contributed by atoms with Gasteiger partial charge in [-0.2, -0.15) is 5.10 Å². The van der Waals surface area contributed by atoms with Gasteiger partial charge in [-0.25, -0.2) is 18.7 Å². The molecule has 4 N–H and O–H groups in total. The number of aromatic amines is 1. The maximum absolute atomic E-state index is 15.9. The van der Waals surface area contributed by atoms with Gasteiger partial charge in [0.15, 0.2) is 17.9 Å². The molecule has 206 valence electrons. The van der Waals surface area contributed by atoms with Crippen LogP contribution in [0.15, 0.2) is 47.2 Å². The quantitative estimate of drug-likeness (QED) is 0.224. The van der Waals surface area contributed by atoms with Gasteiger partial charge in [0.25, 0.3) is 0 Å². The highest BCUT2D eigenvalue weighted by Crippen LogP contribution is 2.42. The van der Waals surface area contributed by atoms with E-state index in [0.717, 1.165) is 5.69 Å². The number of H-pyrrole nitrogens is 1. The number of piperidine rings is 1. The lowest BCUT2D eigenvalue weighted by Crippen LogP contribution is -2.51. The van der Waals surface area contributed by atoms with Crippen LogP contribution in [0, 0.1) is 24.0 Å². The summed E-state index contributed by atoms with van der Waals surface area (Å²) in [5.74, 6) is -0.259. The molecule has 0 spiro atoms. The van der Waals surface area contributed by atoms with Gasteiger partial charge in [-0.15, -0.1) is 0 Å². The molecule has 4 heterocycles. The van der Waals surface area contributed by atoms with Gasteiger partial charge in [0.2, 0.25) is 5.89 Å². The van der Waals surface area contributed by atoms with Crippen LogP contribution in [-0.4, -0.2) is 54.2 Å². The Balaban J connectivity index is 1.44. The summed E-state index contributed by atoms with van der Waals surface area (Å²) in [6.07, 6.45) is 1.61. The zero-order chi connectivity index (χ0) is 27.7. The first-order valence-corrected chi connectivity index (χ1v) is 12.9. The first-order valence-electron chi connectivity index (χ1n) is 12.6. The molecular formula is C27H29ClF2N6O3. The fraction of sp³-hybridized carbons (Fsp3) is 0.370. The molecule has 0 amide bonds. The number of oxazole rings is 1. The maximum Gasteiger partial charge on any atom is 0.229 e. The summed E-state index contributed by atoms with van der Waals surface area (Å²) in [6.45, 7) is 4.53. The molecular weight excluding hydrogens is 530 g/mol. The highest BCUT2D eigenvalue weighted by Gasteiger charge is 2.44. The van der Waals surface area contributed by atoms with E-state index >= 15 is 4.39 Å². The molecule has 1 aromatic carbocycles. The van der Waals surface area contributed by atoms with Gasteiger partial charge < -0.3 is 19.9 Å². The minimum atomic E-state index is -1.73. The minimum Gasteiger partial charge on any atom is -0.444 e. The monoisotopic (exact) mass is 558 g/mol. The zero-order valence-electron chi connectivity index (χ0n) is 21.5. The van der Waals surface area contributed by atoms with Crippen LogP contribution < -0.4 is 5.32 Å². The molecule has 5 rings (SSSR count). The molecule has 9 nitrogen and oxygen atoms in total. The highest BCUT2D eigenvalue weighted by atomic mass is 35.5. The van der Waals surface area contributed by atoms with Gasteiger partial charge in [-0.05, 0) is 45.4 Å². The molecule has 39 heavy (non-hydrogen) atoms. The fourth-order valence-electron chi connectivity index (χ4n) is 5.24. The summed E-state index contributed by atoms with van der Waals surface area (Å²) in [7, 11) is 0. The Morgan fingerprint density at radius 3 is 2.74 bits per heavy atom. The third-order valence-corrected chi connectivity index (χ3v) is 7.64. The van der Waals surface area contributed by atoms with Crippen molar-refractivity contribution in [3.63, 3.8) is 0 Å². The van der Waals surface area contributed by atoms with Crippen LogP contribution >= 0.6 is 11.6 Å². The van der Waals surface area contributed by atoms with Crippen molar-refractivity contribution in [1.29, 1.82) is 0 Å². The van der Waals surface area contributed by atoms with E-state index in [4.69, 9.17) is 16.0 Å². The third-order valence-electron chi connectivity index (χ3n) is 7.35. The Labute approximate surface area is 228 Å². The number of anilines is 2. The van der Waals surface area contributed by atoms with E-state index in [9.17, 15) is 14.6 Å². The van der Waals surface area contributed by atoms with Crippen LogP contribution in [-0.2, 0) is 13.0 Å². The summed E-state index contributed by atoms with van der Waals surface area (Å²) in [5.41, 5.74) is 0.321. The van der Waals surface area contributed by atoms with Crippen LogP contribution in [0.3, 0.4) is 0 Å². The number of nitrogens with one attached hydrogen (secondary N) is 2. The molecule has 1 aliphatic rings. The molecule has 0 unspecified atom stereocenters. The van der Waals surface area contributed by atoms with Crippen molar-refractivity contribution in [1.82, 2.24) is 25.1 Å². The molecule has 0 radical (unpaired) electrons. The first kappa shape index (κ1) is 27.2. The lowest BCUT2D eigenvalue weighted by atomic mass is 9.71. The van der Waals surface area contributed by atoms with Gasteiger partial charge in [0.05, 0.1) is 22.5 Å². The second-order valence-electron chi connectivity index (χ2n) is 10.1. The number of likely N-dealkylation sites (tertiary alicyclic amines) is 1. The number of aliphatic hydroxyl groups is 2. The molecule has 12 heteroatoms. The SMILES string of the molecule is Cc1cc(Nc2cc(-c3ncco3)c(F)c(C[C@@]3(C(O)O)CCN(Cc4cccc(Cl)c4F)[C@H](C)C3)n2)n[nH]1. The fourth-order valence-corrected chi connectivity index (χ4v) is 5.43. The number of aryl methyl sites for hydroxylation is 1. The second kappa shape index (κ2) is 11.0. The van der Waals surface area contributed by atoms with Gasteiger partial charge in [-0.1, -0.05) is 23.7 Å². The summed E-state index contributed by atoms with van der Waals surface area (Å²) < 4.78 is 35.7. The normalized spacial score (nSPS) is 20.1. The third kappa shape index (κ3) is 5.67. The molecule has 4 aromatic rings. The average molecular weight is 559 g/mol. The maximum atomic E-state index is 15.9. The topological polar surface area (TPSA) is 123 Å². The van der Waals surface area contributed by atoms with Gasteiger partial charge in [-0.3, -0.25) is 10.00 Å². The van der Waals surface area contributed by atoms with Crippen molar-refractivity contribution in [2.24, 2.45) is 5.41 Å². The number of pyridine rings is 1. The number of aromatic nitrogens is 4. The van der Waals surface area contributed by atoms with Crippen molar-refractivity contribution >= 4 is 23.2 Å². The van der Waals surface area contributed by atoms with Crippen molar-refractivity contribution in [2.75, 3.05) is 11.9 Å². The number of aliphatic hydroxyl groups excluding tert-OH is 1. The number of rotatable bonds is 8. The molecule has 1 aliphatic heterocycles. The Morgan fingerprint density at radius 1 is 1.26 bits per heavy atom. The van der Waals surface area contributed by atoms with Crippen LogP contribution in [0.25, 0.3) is 11.5 Å². The highest BCUT2D eigenvalue weighted by molar-refractivity contribution is 6.30. The number of benzene rings is 1. The summed E-state index contributed by atoms with van der Waals surface area (Å²) in [4.78, 5) is 10.6. The first-order chi connectivity index (χ1) is 18.6. The van der Waals surface area contributed by atoms with E-state index in [1.807, 2.05) is 13.8 Å². The van der Waals surface area contributed by atoms with E-state index in [-0.39, 0.29) is 34.6 Å². The number of hydrogen-bond acceptors (Lipinski definition) is 8. The summed E-state index contributed by atoms with van der Waals surface area (Å²) >= 11 is 5.95. The molecule has 3 aromatic heterocycles. The molecule has 0 bridgehead atoms. The largest absolute Gasteiger partial charge is 0.444 e. The zero-order valence-corrected chi connectivity index (χ0v) is 22.2. The Bertz CT molecular complexity index is 1450. The van der Waals surface area contributed by atoms with E-state index in [1.54, 1.807) is 18.2 Å². The van der Waals surface area contributed by atoms with Crippen molar-refractivity contribution in [3.8, 4) is 11.5 Å². The Morgan fingerprint density at radius 2 is 2.08 bits per heavy atom. The summed E-state index contributed by atoms with van der Waals surface area (Å²) in [6, 6.07) is 7.96. The second-order valence-corrected chi connectivity index (χ2v) is 10.5. The molecule has 0 aliphatic carbocycles. The standard InChI is InChI=1S/C27H29ClF2N6O3/c1-15-10-22(35-34-15)33-21-11-18(25-31-7-9-39-25)24(30)20(32-21)13-27(26(37)38)6-8-36(16(2)12-27)14-17-4-3-5-19(28)23(17)29/h3-5,7,9-11,16,26,37-38H,6,8,12-14H2,1-2H3,(H2,32,33,34,35)/t16-,27-/m1/s1. The molecule has 0 saturated carbocycles. The lowest BCUT2D eigenvalue weighted by molar-refractivity contribution is -0.162. The lowest BCUT2D eigenvalue weighted by Gasteiger charge is -2.46.